The van der Waals surface area contributed by atoms with Gasteiger partial charge in [-0.05, 0) is 19.9 Å². The summed E-state index contributed by atoms with van der Waals surface area (Å²) in [6, 6.07) is 0. The molecule has 0 saturated carbocycles. The predicted octanol–water partition coefficient (Wildman–Crippen LogP) is 0.915. The van der Waals surface area contributed by atoms with Crippen LogP contribution in [0.5, 0.6) is 0 Å². The summed E-state index contributed by atoms with van der Waals surface area (Å²) in [6.45, 7) is 4.60. The lowest BCUT2D eigenvalue weighted by Crippen LogP contribution is -2.65. The van der Waals surface area contributed by atoms with Gasteiger partial charge in [-0.25, -0.2) is 0 Å². The van der Waals surface area contributed by atoms with Gasteiger partial charge in [0.1, 0.15) is 6.10 Å². The fraction of sp³-hybridized carbons (Fsp3) is 0.714. The number of methoxy groups -OCH3 is 2. The summed E-state index contributed by atoms with van der Waals surface area (Å²) in [5.74, 6) is -3.21. The fourth-order valence-corrected chi connectivity index (χ4v) is 2.44. The zero-order valence-corrected chi connectivity index (χ0v) is 12.8. The van der Waals surface area contributed by atoms with Gasteiger partial charge in [-0.1, -0.05) is 0 Å². The molecule has 7 nitrogen and oxygen atoms in total. The van der Waals surface area contributed by atoms with E-state index in [1.807, 2.05) is 0 Å². The number of fused-ring (bicyclic) bond motifs is 1. The summed E-state index contributed by atoms with van der Waals surface area (Å²) in [7, 11) is 2.96. The number of rotatable bonds is 3. The minimum Gasteiger partial charge on any atom is -0.423 e. The summed E-state index contributed by atoms with van der Waals surface area (Å²) in [6.07, 6.45) is 0.405. The van der Waals surface area contributed by atoms with E-state index >= 15 is 0 Å². The van der Waals surface area contributed by atoms with Crippen molar-refractivity contribution in [3.05, 3.63) is 11.8 Å². The topological polar surface area (TPSA) is 80.3 Å². The second-order valence-corrected chi connectivity index (χ2v) is 5.29. The van der Waals surface area contributed by atoms with Crippen molar-refractivity contribution >= 4 is 11.8 Å². The zero-order chi connectivity index (χ0) is 15.8. The monoisotopic (exact) mass is 300 g/mol. The van der Waals surface area contributed by atoms with Crippen LogP contribution < -0.4 is 0 Å². The molecule has 118 valence electrons. The van der Waals surface area contributed by atoms with Crippen LogP contribution in [0.3, 0.4) is 0 Å². The Morgan fingerprint density at radius 3 is 2.33 bits per heavy atom. The van der Waals surface area contributed by atoms with E-state index in [9.17, 15) is 9.59 Å². The van der Waals surface area contributed by atoms with Crippen LogP contribution in [0, 0.1) is 0 Å². The highest BCUT2D eigenvalue weighted by molar-refractivity contribution is 5.96. The minimum absolute atomic E-state index is 0.0215. The Hall–Kier alpha value is -1.28. The molecule has 0 bridgehead atoms. The number of ketones is 1. The lowest BCUT2D eigenvalue weighted by atomic mass is 9.94. The molecule has 0 aromatic carbocycles. The summed E-state index contributed by atoms with van der Waals surface area (Å²) in [5, 5.41) is 0. The average molecular weight is 300 g/mol. The molecule has 2 aliphatic rings. The van der Waals surface area contributed by atoms with Crippen LogP contribution in [0.15, 0.2) is 11.8 Å². The van der Waals surface area contributed by atoms with Gasteiger partial charge in [0.2, 0.25) is 17.4 Å². The van der Waals surface area contributed by atoms with Gasteiger partial charge in [-0.15, -0.1) is 0 Å². The van der Waals surface area contributed by atoms with Crippen molar-refractivity contribution in [3.63, 3.8) is 0 Å². The Bertz CT molecular complexity index is 486. The van der Waals surface area contributed by atoms with Crippen LogP contribution in [0.4, 0.5) is 0 Å². The number of hydrogen-bond donors (Lipinski definition) is 0. The maximum atomic E-state index is 12.0. The van der Waals surface area contributed by atoms with Crippen LogP contribution >= 0.6 is 0 Å². The zero-order valence-electron chi connectivity index (χ0n) is 12.8. The number of allylic oxidation sites excluding steroid dienone is 1. The molecule has 21 heavy (non-hydrogen) atoms. The van der Waals surface area contributed by atoms with Crippen molar-refractivity contribution in [1.29, 1.82) is 0 Å². The lowest BCUT2D eigenvalue weighted by Gasteiger charge is -2.52. The average Bonchev–Trinajstić information content (AvgIpc) is 2.41. The van der Waals surface area contributed by atoms with E-state index in [-0.39, 0.29) is 18.0 Å². The first-order valence-electron chi connectivity index (χ1n) is 6.64. The molecule has 1 saturated heterocycles. The number of ether oxygens (including phenoxy) is 5. The van der Waals surface area contributed by atoms with Gasteiger partial charge in [0.15, 0.2) is 5.76 Å². The third kappa shape index (κ3) is 2.74. The van der Waals surface area contributed by atoms with Crippen molar-refractivity contribution in [2.75, 3.05) is 14.2 Å². The minimum atomic E-state index is -1.17. The molecule has 0 radical (unpaired) electrons. The number of carbonyl (C=O) groups excluding carboxylic acids is 2. The Morgan fingerprint density at radius 2 is 1.81 bits per heavy atom. The maximum Gasteiger partial charge on any atom is 0.308 e. The van der Waals surface area contributed by atoms with Gasteiger partial charge in [0.25, 0.3) is 0 Å². The van der Waals surface area contributed by atoms with Gasteiger partial charge in [0, 0.05) is 27.6 Å². The van der Waals surface area contributed by atoms with E-state index < -0.39 is 29.8 Å². The summed E-state index contributed by atoms with van der Waals surface area (Å²) < 4.78 is 27.4. The standard InChI is InChI=1S/C14H20O7/c1-8(15)19-10-7-12-11(6-9(10)16)20-13(2,17-4)14(3,18-5)21-12/h7,11-12H,6H2,1-5H3/t11-,12-,13+,14+/m1/s1. The number of esters is 1. The molecule has 1 heterocycles. The smallest absolute Gasteiger partial charge is 0.308 e. The van der Waals surface area contributed by atoms with Crippen molar-refractivity contribution in [2.45, 2.75) is 51.0 Å². The quantitative estimate of drug-likeness (QED) is 0.717. The summed E-state index contributed by atoms with van der Waals surface area (Å²) >= 11 is 0. The highest BCUT2D eigenvalue weighted by atomic mass is 16.8. The van der Waals surface area contributed by atoms with Gasteiger partial charge >= 0.3 is 5.97 Å². The van der Waals surface area contributed by atoms with Crippen LogP contribution in [0.25, 0.3) is 0 Å². The van der Waals surface area contributed by atoms with Gasteiger partial charge < -0.3 is 23.7 Å². The highest BCUT2D eigenvalue weighted by Gasteiger charge is 2.57. The molecule has 0 spiro atoms. The Morgan fingerprint density at radius 1 is 1.24 bits per heavy atom. The van der Waals surface area contributed by atoms with Gasteiger partial charge in [-0.3, -0.25) is 9.59 Å². The van der Waals surface area contributed by atoms with E-state index in [4.69, 9.17) is 23.7 Å². The SMILES string of the molecule is CO[C@@]1(C)O[C@@H]2C=C(OC(C)=O)C(=O)C[C@H]2O[C@]1(C)OC. The Kier molecular flexibility index (Phi) is 4.21. The molecule has 0 amide bonds. The number of Topliss-reactive ketones (excluding diaryl/α,β-unsaturated/α-hetero) is 1. The molecule has 7 heteroatoms. The first-order valence-corrected chi connectivity index (χ1v) is 6.64. The van der Waals surface area contributed by atoms with Crippen LogP contribution in [0.1, 0.15) is 27.2 Å². The van der Waals surface area contributed by atoms with E-state index in [0.717, 1.165) is 0 Å². The maximum absolute atomic E-state index is 12.0. The van der Waals surface area contributed by atoms with Gasteiger partial charge in [-0.2, -0.15) is 0 Å². The van der Waals surface area contributed by atoms with Crippen LogP contribution in [0.2, 0.25) is 0 Å². The van der Waals surface area contributed by atoms with Crippen LogP contribution in [-0.2, 0) is 33.3 Å². The molecule has 0 N–H and O–H groups in total. The largest absolute Gasteiger partial charge is 0.423 e. The fourth-order valence-electron chi connectivity index (χ4n) is 2.44. The molecule has 0 aromatic heterocycles. The third-order valence-corrected chi connectivity index (χ3v) is 3.94. The number of carbonyl (C=O) groups is 2. The molecule has 2 rings (SSSR count). The lowest BCUT2D eigenvalue weighted by molar-refractivity contribution is -0.442. The molecule has 4 atom stereocenters. The first kappa shape index (κ1) is 16.1. The predicted molar refractivity (Wildman–Crippen MR) is 70.0 cm³/mol. The normalized spacial score (nSPS) is 39.5. The van der Waals surface area contributed by atoms with E-state index in [0.29, 0.717) is 0 Å². The third-order valence-electron chi connectivity index (χ3n) is 3.94. The van der Waals surface area contributed by atoms with E-state index in [1.54, 1.807) is 13.8 Å². The van der Waals surface area contributed by atoms with E-state index in [1.165, 1.54) is 27.2 Å². The molecule has 1 aliphatic heterocycles. The number of hydrogen-bond acceptors (Lipinski definition) is 7. The molecule has 0 unspecified atom stereocenters. The molecule has 1 fully saturated rings. The summed E-state index contributed by atoms with van der Waals surface area (Å²) in [5.41, 5.74) is 0. The Labute approximate surface area is 123 Å². The van der Waals surface area contributed by atoms with Crippen molar-refractivity contribution in [3.8, 4) is 0 Å². The molecule has 0 aromatic rings. The van der Waals surface area contributed by atoms with Crippen molar-refractivity contribution in [1.82, 2.24) is 0 Å². The van der Waals surface area contributed by atoms with Crippen molar-refractivity contribution < 1.29 is 33.3 Å². The highest BCUT2D eigenvalue weighted by Crippen LogP contribution is 2.42. The Balaban J connectivity index is 2.30. The molecule has 1 aliphatic carbocycles. The van der Waals surface area contributed by atoms with Crippen LogP contribution in [-0.4, -0.2) is 49.8 Å². The molecular weight excluding hydrogens is 280 g/mol. The second kappa shape index (κ2) is 5.49. The molecular formula is C14H20O7. The van der Waals surface area contributed by atoms with Gasteiger partial charge in [0.05, 0.1) is 6.10 Å². The van der Waals surface area contributed by atoms with E-state index in [2.05, 4.69) is 0 Å². The summed E-state index contributed by atoms with van der Waals surface area (Å²) in [4.78, 5) is 23.0. The van der Waals surface area contributed by atoms with Crippen molar-refractivity contribution in [2.24, 2.45) is 0 Å². The second-order valence-electron chi connectivity index (χ2n) is 5.29. The first-order chi connectivity index (χ1) is 9.74.